The van der Waals surface area contributed by atoms with Crippen LogP contribution in [0.15, 0.2) is 0 Å². The van der Waals surface area contributed by atoms with Crippen molar-refractivity contribution in [2.24, 2.45) is 0 Å². The maximum Gasteiger partial charge on any atom is 0.128 e. The van der Waals surface area contributed by atoms with Gasteiger partial charge in [0.05, 0.1) is 41.8 Å². The van der Waals surface area contributed by atoms with Crippen LogP contribution in [0.3, 0.4) is 0 Å². The van der Waals surface area contributed by atoms with Crippen molar-refractivity contribution in [3.05, 3.63) is 0 Å². The minimum atomic E-state index is 0. The highest BCUT2D eigenvalue weighted by molar-refractivity contribution is 4.50. The first-order valence-electron chi connectivity index (χ1n) is 12.4. The third-order valence-electron chi connectivity index (χ3n) is 5.99. The highest BCUT2D eigenvalue weighted by Gasteiger charge is 2.19. The summed E-state index contributed by atoms with van der Waals surface area (Å²) in [6, 6.07) is 0. The van der Waals surface area contributed by atoms with E-state index >= 15 is 0 Å². The molecule has 0 unspecified atom stereocenters. The Labute approximate surface area is 198 Å². The van der Waals surface area contributed by atoms with Gasteiger partial charge in [-0.05, 0) is 12.8 Å². The number of rotatable bonds is 20. The van der Waals surface area contributed by atoms with Crippen LogP contribution in [0.4, 0.5) is 0 Å². The molecule has 0 aliphatic heterocycles. The second-order valence-electron chi connectivity index (χ2n) is 10.7. The van der Waals surface area contributed by atoms with E-state index in [2.05, 4.69) is 42.2 Å². The third kappa shape index (κ3) is 28.5. The Bertz CT molecular complexity index is 314. The van der Waals surface area contributed by atoms with Crippen molar-refractivity contribution in [2.75, 3.05) is 54.9 Å². The van der Waals surface area contributed by atoms with Gasteiger partial charge in [0, 0.05) is 0 Å². The quantitative estimate of drug-likeness (QED) is 0.190. The minimum Gasteiger partial charge on any atom is -1.00 e. The zero-order valence-electron chi connectivity index (χ0n) is 21.1. The standard InChI is InChI=1S/C25H56N2.2ClH/c1-7-8-9-10-11-12-13-14-15-16-17-18-19-20-21-22-23-27(5,6)25-24-26(2,3)4;;/h7-25H2,1-6H3;2*1H/q+2;;/p-2. The lowest BCUT2D eigenvalue weighted by Gasteiger charge is -2.33. The van der Waals surface area contributed by atoms with Gasteiger partial charge >= 0.3 is 0 Å². The molecule has 0 saturated heterocycles. The van der Waals surface area contributed by atoms with E-state index in [1.54, 1.807) is 0 Å². The van der Waals surface area contributed by atoms with E-state index in [1.165, 1.54) is 127 Å². The Balaban J connectivity index is -0.00000338. The van der Waals surface area contributed by atoms with Crippen LogP contribution in [0.5, 0.6) is 0 Å². The molecule has 4 heteroatoms. The number of hydrogen-bond acceptors (Lipinski definition) is 0. The van der Waals surface area contributed by atoms with Crippen molar-refractivity contribution < 1.29 is 33.8 Å². The highest BCUT2D eigenvalue weighted by Crippen LogP contribution is 2.14. The minimum absolute atomic E-state index is 0. The monoisotopic (exact) mass is 454 g/mol. The molecule has 0 heterocycles. The van der Waals surface area contributed by atoms with E-state index in [1.807, 2.05) is 0 Å². The summed E-state index contributed by atoms with van der Waals surface area (Å²) in [5.41, 5.74) is 0. The maximum absolute atomic E-state index is 2.40. The first kappa shape index (κ1) is 34.1. The second kappa shape index (κ2) is 21.7. The van der Waals surface area contributed by atoms with Gasteiger partial charge in [0.1, 0.15) is 13.1 Å². The Morgan fingerprint density at radius 2 is 0.690 bits per heavy atom. The molecule has 0 saturated carbocycles. The van der Waals surface area contributed by atoms with Gasteiger partial charge < -0.3 is 33.8 Å². The molecule has 0 aliphatic carbocycles. The molecule has 0 aromatic carbocycles. The molecule has 0 N–H and O–H groups in total. The smallest absolute Gasteiger partial charge is 0.128 e. The fourth-order valence-electron chi connectivity index (χ4n) is 3.77. The van der Waals surface area contributed by atoms with Gasteiger partial charge in [-0.15, -0.1) is 0 Å². The lowest BCUT2D eigenvalue weighted by molar-refractivity contribution is -0.937. The van der Waals surface area contributed by atoms with Crippen LogP contribution in [-0.4, -0.2) is 63.8 Å². The molecular weight excluding hydrogens is 399 g/mol. The molecule has 0 spiro atoms. The van der Waals surface area contributed by atoms with Crippen molar-refractivity contribution in [3.63, 3.8) is 0 Å². The summed E-state index contributed by atoms with van der Waals surface area (Å²) in [5.74, 6) is 0. The number of hydrogen-bond donors (Lipinski definition) is 0. The Kier molecular flexibility index (Phi) is 25.6. The van der Waals surface area contributed by atoms with Crippen LogP contribution >= 0.6 is 0 Å². The second-order valence-corrected chi connectivity index (χ2v) is 10.7. The van der Waals surface area contributed by atoms with Crippen molar-refractivity contribution in [2.45, 2.75) is 110 Å². The van der Waals surface area contributed by atoms with Gasteiger partial charge in [0.2, 0.25) is 0 Å². The van der Waals surface area contributed by atoms with Crippen LogP contribution in [-0.2, 0) is 0 Å². The van der Waals surface area contributed by atoms with Crippen molar-refractivity contribution in [1.29, 1.82) is 0 Å². The zero-order chi connectivity index (χ0) is 20.4. The third-order valence-corrected chi connectivity index (χ3v) is 5.99. The molecule has 0 aromatic rings. The number of nitrogens with zero attached hydrogens (tertiary/aromatic N) is 2. The molecule has 29 heavy (non-hydrogen) atoms. The van der Waals surface area contributed by atoms with Crippen LogP contribution in [0.25, 0.3) is 0 Å². The van der Waals surface area contributed by atoms with Crippen molar-refractivity contribution >= 4 is 0 Å². The number of halogens is 2. The maximum atomic E-state index is 2.40. The Morgan fingerprint density at radius 1 is 0.379 bits per heavy atom. The van der Waals surface area contributed by atoms with Gasteiger partial charge in [0.25, 0.3) is 0 Å². The molecule has 0 bridgehead atoms. The molecule has 2 nitrogen and oxygen atoms in total. The van der Waals surface area contributed by atoms with Gasteiger partial charge in [-0.2, -0.15) is 0 Å². The average molecular weight is 456 g/mol. The number of quaternary nitrogens is 2. The van der Waals surface area contributed by atoms with Gasteiger partial charge in [0.15, 0.2) is 0 Å². The van der Waals surface area contributed by atoms with E-state index in [0.717, 1.165) is 4.48 Å². The molecule has 180 valence electrons. The fraction of sp³-hybridized carbons (Fsp3) is 1.00. The van der Waals surface area contributed by atoms with Crippen molar-refractivity contribution in [3.8, 4) is 0 Å². The van der Waals surface area contributed by atoms with Gasteiger partial charge in [-0.3, -0.25) is 0 Å². The SMILES string of the molecule is CCCCCCCCCCCCCCCCCC[N+](C)(C)CC[N+](C)(C)C.[Cl-].[Cl-]. The van der Waals surface area contributed by atoms with E-state index in [4.69, 9.17) is 0 Å². The number of unbranched alkanes of at least 4 members (excludes halogenated alkanes) is 15. The largest absolute Gasteiger partial charge is 1.00 e. The summed E-state index contributed by atoms with van der Waals surface area (Å²) in [7, 11) is 11.7. The lowest BCUT2D eigenvalue weighted by atomic mass is 10.0. The van der Waals surface area contributed by atoms with E-state index in [0.29, 0.717) is 0 Å². The van der Waals surface area contributed by atoms with Crippen LogP contribution in [0.1, 0.15) is 110 Å². The van der Waals surface area contributed by atoms with Crippen LogP contribution in [0, 0.1) is 0 Å². The molecule has 0 rings (SSSR count). The molecule has 0 atom stereocenters. The summed E-state index contributed by atoms with van der Waals surface area (Å²) in [4.78, 5) is 0. The van der Waals surface area contributed by atoms with Crippen LogP contribution in [0.2, 0.25) is 0 Å². The Hall–Kier alpha value is 0.500. The summed E-state index contributed by atoms with van der Waals surface area (Å²) < 4.78 is 2.27. The average Bonchev–Trinajstić information content (AvgIpc) is 2.59. The van der Waals surface area contributed by atoms with Gasteiger partial charge in [-0.1, -0.05) is 96.8 Å². The molecule has 0 aliphatic rings. The normalized spacial score (nSPS) is 11.8. The predicted octanol–water partition coefficient (Wildman–Crippen LogP) is 1.04. The summed E-state index contributed by atoms with van der Waals surface area (Å²) >= 11 is 0. The molecule has 0 aromatic heterocycles. The number of likely N-dealkylation sites (N-methyl/N-ethyl adjacent to an activating group) is 2. The van der Waals surface area contributed by atoms with E-state index in [9.17, 15) is 0 Å². The fourth-order valence-corrected chi connectivity index (χ4v) is 3.77. The summed E-state index contributed by atoms with van der Waals surface area (Å²) in [6.07, 6.45) is 23.3. The van der Waals surface area contributed by atoms with E-state index < -0.39 is 0 Å². The Morgan fingerprint density at radius 3 is 1.00 bits per heavy atom. The summed E-state index contributed by atoms with van der Waals surface area (Å²) in [6.45, 7) is 6.21. The molecule has 0 amide bonds. The van der Waals surface area contributed by atoms with E-state index in [-0.39, 0.29) is 24.8 Å². The molecule has 0 fully saturated rings. The highest BCUT2D eigenvalue weighted by atomic mass is 35.5. The predicted molar refractivity (Wildman–Crippen MR) is 124 cm³/mol. The van der Waals surface area contributed by atoms with Gasteiger partial charge in [-0.25, -0.2) is 0 Å². The topological polar surface area (TPSA) is 0 Å². The molecular formula is C25H56Cl2N2. The zero-order valence-corrected chi connectivity index (χ0v) is 22.6. The summed E-state index contributed by atoms with van der Waals surface area (Å²) in [5, 5.41) is 0. The van der Waals surface area contributed by atoms with Crippen LogP contribution < -0.4 is 24.8 Å². The molecule has 0 radical (unpaired) electrons. The van der Waals surface area contributed by atoms with Crippen molar-refractivity contribution in [1.82, 2.24) is 0 Å². The first-order chi connectivity index (χ1) is 12.8. The lowest BCUT2D eigenvalue weighted by Crippen LogP contribution is -3.00. The first-order valence-corrected chi connectivity index (χ1v) is 12.4.